The normalized spacial score (nSPS) is 10.7. The minimum atomic E-state index is -0.619. The fourth-order valence-corrected chi connectivity index (χ4v) is 1.40. The van der Waals surface area contributed by atoms with Gasteiger partial charge in [0.2, 0.25) is 0 Å². The van der Waals surface area contributed by atoms with Crippen LogP contribution in [0, 0.1) is 5.82 Å². The lowest BCUT2D eigenvalue weighted by atomic mass is 10.2. The molecule has 19 heavy (non-hydrogen) atoms. The fourth-order valence-electron chi connectivity index (χ4n) is 1.40. The highest BCUT2D eigenvalue weighted by Crippen LogP contribution is 2.11. The lowest BCUT2D eigenvalue weighted by Crippen LogP contribution is -2.29. The van der Waals surface area contributed by atoms with Gasteiger partial charge in [0.1, 0.15) is 5.82 Å². The van der Waals surface area contributed by atoms with Crippen LogP contribution < -0.4 is 11.1 Å². The first-order valence-corrected chi connectivity index (χ1v) is 6.06. The van der Waals surface area contributed by atoms with E-state index in [1.165, 1.54) is 12.1 Å². The molecule has 1 amide bonds. The maximum atomic E-state index is 13.4. The summed E-state index contributed by atoms with van der Waals surface area (Å²) in [6, 6.07) is 3.99. The first kappa shape index (κ1) is 15.4. The topological polar surface area (TPSA) is 67.6 Å². The molecule has 0 unspecified atom stereocenters. The number of nitrogens with two attached hydrogens (primary N) is 1. The molecule has 0 radical (unpaired) electrons. The van der Waals surface area contributed by atoms with Gasteiger partial charge in [-0.2, -0.15) is 0 Å². The average molecular weight is 269 g/mol. The van der Waals surface area contributed by atoms with E-state index in [1.54, 1.807) is 0 Å². The van der Waals surface area contributed by atoms with Crippen molar-refractivity contribution in [1.82, 2.24) is 10.2 Å². The summed E-state index contributed by atoms with van der Waals surface area (Å²) in [5, 5.41) is 2.59. The van der Waals surface area contributed by atoms with Gasteiger partial charge in [0.15, 0.2) is 0 Å². The van der Waals surface area contributed by atoms with Crippen molar-refractivity contribution >= 4 is 11.6 Å². The van der Waals surface area contributed by atoms with E-state index in [1.807, 2.05) is 19.0 Å². The number of nitrogen functional groups attached to an aromatic ring is 1. The second-order valence-electron chi connectivity index (χ2n) is 4.41. The number of likely N-dealkylation sites (N-methyl/N-ethyl adjacent to an activating group) is 1. The zero-order valence-corrected chi connectivity index (χ0v) is 11.3. The van der Waals surface area contributed by atoms with Crippen LogP contribution in [-0.2, 0) is 4.74 Å². The van der Waals surface area contributed by atoms with Crippen LogP contribution in [0.2, 0.25) is 0 Å². The number of hydrogen-bond acceptors (Lipinski definition) is 4. The van der Waals surface area contributed by atoms with Crippen LogP contribution >= 0.6 is 0 Å². The van der Waals surface area contributed by atoms with E-state index in [0.717, 1.165) is 12.6 Å². The SMILES string of the molecule is CN(C)CCOCCNC(=O)c1ccc(N)cc1F. The lowest BCUT2D eigenvalue weighted by Gasteiger charge is -2.10. The lowest BCUT2D eigenvalue weighted by molar-refractivity contribution is 0.0896. The maximum Gasteiger partial charge on any atom is 0.254 e. The molecule has 0 bridgehead atoms. The first-order chi connectivity index (χ1) is 9.00. The first-order valence-electron chi connectivity index (χ1n) is 6.06. The van der Waals surface area contributed by atoms with E-state index in [0.29, 0.717) is 25.4 Å². The number of nitrogens with zero attached hydrogens (tertiary/aromatic N) is 1. The van der Waals surface area contributed by atoms with Crippen molar-refractivity contribution in [2.24, 2.45) is 0 Å². The molecule has 0 saturated heterocycles. The van der Waals surface area contributed by atoms with Crippen LogP contribution in [0.3, 0.4) is 0 Å². The van der Waals surface area contributed by atoms with E-state index < -0.39 is 11.7 Å². The van der Waals surface area contributed by atoms with E-state index in [-0.39, 0.29) is 5.56 Å². The van der Waals surface area contributed by atoms with Crippen molar-refractivity contribution in [3.8, 4) is 0 Å². The molecule has 0 heterocycles. The Kier molecular flexibility index (Phi) is 6.24. The molecule has 1 aromatic carbocycles. The minimum Gasteiger partial charge on any atom is -0.399 e. The van der Waals surface area contributed by atoms with Crippen molar-refractivity contribution in [2.75, 3.05) is 46.1 Å². The van der Waals surface area contributed by atoms with Crippen molar-refractivity contribution in [2.45, 2.75) is 0 Å². The predicted octanol–water partition coefficient (Wildman–Crippen LogP) is 0.716. The molecule has 0 atom stereocenters. The molecule has 0 aliphatic carbocycles. The second kappa shape index (κ2) is 7.70. The quantitative estimate of drug-likeness (QED) is 0.565. The Morgan fingerprint density at radius 1 is 1.42 bits per heavy atom. The van der Waals surface area contributed by atoms with E-state index in [4.69, 9.17) is 10.5 Å². The van der Waals surface area contributed by atoms with Gasteiger partial charge < -0.3 is 20.7 Å². The summed E-state index contributed by atoms with van der Waals surface area (Å²) in [4.78, 5) is 13.7. The Balaban J connectivity index is 2.28. The average Bonchev–Trinajstić information content (AvgIpc) is 2.32. The Bertz CT molecular complexity index is 424. The number of anilines is 1. The van der Waals surface area contributed by atoms with Gasteiger partial charge in [0.05, 0.1) is 18.8 Å². The number of benzene rings is 1. The van der Waals surface area contributed by atoms with E-state index in [9.17, 15) is 9.18 Å². The van der Waals surface area contributed by atoms with E-state index >= 15 is 0 Å². The number of halogens is 1. The number of carbonyl (C=O) groups is 1. The van der Waals surface area contributed by atoms with Crippen LogP contribution in [0.4, 0.5) is 10.1 Å². The molecule has 1 rings (SSSR count). The van der Waals surface area contributed by atoms with Gasteiger partial charge in [0.25, 0.3) is 5.91 Å². The summed E-state index contributed by atoms with van der Waals surface area (Å²) >= 11 is 0. The van der Waals surface area contributed by atoms with Crippen LogP contribution in [0.1, 0.15) is 10.4 Å². The number of amides is 1. The smallest absolute Gasteiger partial charge is 0.254 e. The molecule has 6 heteroatoms. The highest BCUT2D eigenvalue weighted by atomic mass is 19.1. The molecule has 3 N–H and O–H groups in total. The van der Waals surface area contributed by atoms with Crippen LogP contribution in [0.5, 0.6) is 0 Å². The number of hydrogen-bond donors (Lipinski definition) is 2. The highest BCUT2D eigenvalue weighted by Gasteiger charge is 2.10. The Morgan fingerprint density at radius 2 is 2.16 bits per heavy atom. The summed E-state index contributed by atoms with van der Waals surface area (Å²) in [5.41, 5.74) is 5.69. The van der Waals surface area contributed by atoms with Gasteiger partial charge in [-0.3, -0.25) is 4.79 Å². The minimum absolute atomic E-state index is 0.0116. The van der Waals surface area contributed by atoms with Gasteiger partial charge in [-0.1, -0.05) is 0 Å². The van der Waals surface area contributed by atoms with E-state index in [2.05, 4.69) is 5.32 Å². The second-order valence-corrected chi connectivity index (χ2v) is 4.41. The van der Waals surface area contributed by atoms with Crippen LogP contribution in [-0.4, -0.2) is 51.2 Å². The molecule has 5 nitrogen and oxygen atoms in total. The van der Waals surface area contributed by atoms with Gasteiger partial charge in [-0.15, -0.1) is 0 Å². The zero-order valence-electron chi connectivity index (χ0n) is 11.3. The molecule has 0 aliphatic heterocycles. The Labute approximate surface area is 112 Å². The molecule has 0 fully saturated rings. The summed E-state index contributed by atoms with van der Waals surface area (Å²) in [6.07, 6.45) is 0. The van der Waals surface area contributed by atoms with Crippen molar-refractivity contribution < 1.29 is 13.9 Å². The molecular weight excluding hydrogens is 249 g/mol. The third-order valence-corrected chi connectivity index (χ3v) is 2.45. The standard InChI is InChI=1S/C13H20FN3O2/c1-17(2)6-8-19-7-5-16-13(18)11-4-3-10(15)9-12(11)14/h3-4,9H,5-8,15H2,1-2H3,(H,16,18). The fraction of sp³-hybridized carbons (Fsp3) is 0.462. The molecular formula is C13H20FN3O2. The molecule has 1 aromatic rings. The Hall–Kier alpha value is -1.66. The van der Waals surface area contributed by atoms with Gasteiger partial charge in [-0.05, 0) is 32.3 Å². The maximum absolute atomic E-state index is 13.4. The van der Waals surface area contributed by atoms with Crippen molar-refractivity contribution in [3.63, 3.8) is 0 Å². The Morgan fingerprint density at radius 3 is 2.79 bits per heavy atom. The summed E-state index contributed by atoms with van der Waals surface area (Å²) in [7, 11) is 3.91. The molecule has 0 aromatic heterocycles. The highest BCUT2D eigenvalue weighted by molar-refractivity contribution is 5.94. The van der Waals surface area contributed by atoms with Gasteiger partial charge >= 0.3 is 0 Å². The van der Waals surface area contributed by atoms with Crippen LogP contribution in [0.15, 0.2) is 18.2 Å². The molecule has 0 saturated carbocycles. The largest absolute Gasteiger partial charge is 0.399 e. The third-order valence-electron chi connectivity index (χ3n) is 2.45. The number of ether oxygens (including phenoxy) is 1. The third kappa shape index (κ3) is 5.67. The predicted molar refractivity (Wildman–Crippen MR) is 72.5 cm³/mol. The number of rotatable bonds is 7. The molecule has 106 valence electrons. The zero-order chi connectivity index (χ0) is 14.3. The summed E-state index contributed by atoms with van der Waals surface area (Å²) in [5.74, 6) is -1.08. The summed E-state index contributed by atoms with van der Waals surface area (Å²) < 4.78 is 18.8. The number of carbonyl (C=O) groups excluding carboxylic acids is 1. The van der Waals surface area contributed by atoms with Gasteiger partial charge in [-0.25, -0.2) is 4.39 Å². The van der Waals surface area contributed by atoms with Crippen LogP contribution in [0.25, 0.3) is 0 Å². The monoisotopic (exact) mass is 269 g/mol. The van der Waals surface area contributed by atoms with Crippen molar-refractivity contribution in [3.05, 3.63) is 29.6 Å². The number of nitrogens with one attached hydrogen (secondary N) is 1. The molecule has 0 aliphatic rings. The van der Waals surface area contributed by atoms with Gasteiger partial charge in [0, 0.05) is 18.8 Å². The molecule has 0 spiro atoms. The van der Waals surface area contributed by atoms with Crippen molar-refractivity contribution in [1.29, 1.82) is 0 Å². The summed E-state index contributed by atoms with van der Waals surface area (Å²) in [6.45, 7) is 2.16.